The van der Waals surface area contributed by atoms with E-state index in [9.17, 15) is 0 Å². The van der Waals surface area contributed by atoms with Gasteiger partial charge in [-0.25, -0.2) is 0 Å². The number of para-hydroxylation sites is 3. The Bertz CT molecular complexity index is 3480. The molecule has 0 spiro atoms. The Balaban J connectivity index is 1.26. The lowest BCUT2D eigenvalue weighted by Crippen LogP contribution is -1.96. The van der Waals surface area contributed by atoms with E-state index in [2.05, 4.69) is 226 Å². The Morgan fingerprint density at radius 1 is 0.228 bits per heavy atom. The summed E-state index contributed by atoms with van der Waals surface area (Å²) >= 11 is 0. The second-order valence-corrected chi connectivity index (χ2v) is 14.9. The zero-order valence-electron chi connectivity index (χ0n) is 31.0. The van der Waals surface area contributed by atoms with E-state index < -0.39 is 0 Å². The van der Waals surface area contributed by atoms with E-state index >= 15 is 0 Å². The SMILES string of the molecule is c1ccc(-c2cccc(-n3c4ccccc4c4c3ccc3c5ccc6c(c7cc(-c8ccccc8)ccc7n6-c6ccccc6)c5n(-c5ccccc5)c34)c2)cc1. The van der Waals surface area contributed by atoms with Crippen LogP contribution in [0.4, 0.5) is 0 Å². The lowest BCUT2D eigenvalue weighted by atomic mass is 10.0. The van der Waals surface area contributed by atoms with Gasteiger partial charge in [0.05, 0.1) is 33.1 Å². The molecule has 266 valence electrons. The summed E-state index contributed by atoms with van der Waals surface area (Å²) in [6.45, 7) is 0. The summed E-state index contributed by atoms with van der Waals surface area (Å²) in [5, 5.41) is 7.44. The van der Waals surface area contributed by atoms with Crippen LogP contribution in [0, 0.1) is 0 Å². The number of hydrogen-bond acceptors (Lipinski definition) is 0. The second-order valence-electron chi connectivity index (χ2n) is 14.9. The Kier molecular flexibility index (Phi) is 6.93. The molecule has 12 rings (SSSR count). The maximum atomic E-state index is 2.55. The van der Waals surface area contributed by atoms with E-state index in [1.54, 1.807) is 0 Å². The lowest BCUT2D eigenvalue weighted by Gasteiger charge is -2.12. The number of rotatable bonds is 5. The molecule has 57 heavy (non-hydrogen) atoms. The van der Waals surface area contributed by atoms with Gasteiger partial charge in [0.15, 0.2) is 0 Å². The molecule has 0 atom stereocenters. The second kappa shape index (κ2) is 12.5. The van der Waals surface area contributed by atoms with Crippen molar-refractivity contribution < 1.29 is 0 Å². The van der Waals surface area contributed by atoms with Crippen molar-refractivity contribution in [3.8, 4) is 39.3 Å². The highest BCUT2D eigenvalue weighted by Gasteiger charge is 2.25. The largest absolute Gasteiger partial charge is 0.309 e. The van der Waals surface area contributed by atoms with E-state index in [1.807, 2.05) is 0 Å². The predicted molar refractivity (Wildman–Crippen MR) is 240 cm³/mol. The van der Waals surface area contributed by atoms with E-state index in [4.69, 9.17) is 0 Å². The number of hydrogen-bond donors (Lipinski definition) is 0. The van der Waals surface area contributed by atoms with Gasteiger partial charge in [0.25, 0.3) is 0 Å². The van der Waals surface area contributed by atoms with Crippen LogP contribution in [-0.4, -0.2) is 13.7 Å². The summed E-state index contributed by atoms with van der Waals surface area (Å²) in [6, 6.07) is 77.3. The minimum absolute atomic E-state index is 1.14. The Morgan fingerprint density at radius 3 is 1.30 bits per heavy atom. The maximum absolute atomic E-state index is 2.55. The van der Waals surface area contributed by atoms with E-state index in [0.717, 1.165) is 17.1 Å². The van der Waals surface area contributed by atoms with Crippen LogP contribution in [-0.2, 0) is 0 Å². The summed E-state index contributed by atoms with van der Waals surface area (Å²) < 4.78 is 7.44. The summed E-state index contributed by atoms with van der Waals surface area (Å²) in [6.07, 6.45) is 0. The average Bonchev–Trinajstić information content (AvgIpc) is 3.93. The van der Waals surface area contributed by atoms with Crippen LogP contribution in [0.1, 0.15) is 0 Å². The van der Waals surface area contributed by atoms with Crippen molar-refractivity contribution in [1.82, 2.24) is 13.7 Å². The van der Waals surface area contributed by atoms with E-state index in [1.165, 1.54) is 87.7 Å². The highest BCUT2D eigenvalue weighted by atomic mass is 15.0. The first-order valence-electron chi connectivity index (χ1n) is 19.6. The molecular formula is C54H35N3. The van der Waals surface area contributed by atoms with Gasteiger partial charge in [-0.15, -0.1) is 0 Å². The fourth-order valence-corrected chi connectivity index (χ4v) is 9.38. The average molecular weight is 726 g/mol. The van der Waals surface area contributed by atoms with Crippen molar-refractivity contribution in [3.05, 3.63) is 212 Å². The first-order valence-corrected chi connectivity index (χ1v) is 19.6. The molecule has 0 aliphatic heterocycles. The monoisotopic (exact) mass is 725 g/mol. The first kappa shape index (κ1) is 31.7. The molecule has 0 bridgehead atoms. The summed E-state index contributed by atoms with van der Waals surface area (Å²) in [5.41, 5.74) is 15.4. The van der Waals surface area contributed by atoms with Crippen LogP contribution < -0.4 is 0 Å². The number of benzene rings is 9. The molecule has 0 radical (unpaired) electrons. The Labute approximate surface area is 329 Å². The number of fused-ring (bicyclic) bond motifs is 11. The third kappa shape index (κ3) is 4.73. The molecule has 0 saturated heterocycles. The smallest absolute Gasteiger partial charge is 0.0641 e. The molecule has 3 heterocycles. The molecule has 0 N–H and O–H groups in total. The van der Waals surface area contributed by atoms with Crippen molar-refractivity contribution in [2.45, 2.75) is 0 Å². The standard InChI is InChI=1S/C54H35N3/c1-5-16-36(17-6-1)38-20-15-25-42(34-38)56-47-27-14-13-26-45(47)51-49(56)32-29-43-44-30-33-50-52(54(44)57(53(43)51)41-23-11-4-12-24-41)46-35-39(37-18-7-2-8-19-37)28-31-48(46)55(50)40-21-9-3-10-22-40/h1-35H. The van der Waals surface area contributed by atoms with Crippen molar-refractivity contribution in [2.24, 2.45) is 0 Å². The van der Waals surface area contributed by atoms with Gasteiger partial charge in [0, 0.05) is 49.4 Å². The normalized spacial score (nSPS) is 11.9. The minimum Gasteiger partial charge on any atom is -0.309 e. The topological polar surface area (TPSA) is 14.8 Å². The van der Waals surface area contributed by atoms with Gasteiger partial charge in [-0.05, 0) is 89.0 Å². The van der Waals surface area contributed by atoms with Gasteiger partial charge in [0.2, 0.25) is 0 Å². The van der Waals surface area contributed by atoms with E-state index in [0.29, 0.717) is 0 Å². The molecule has 0 aliphatic carbocycles. The molecule has 0 amide bonds. The molecule has 3 aromatic heterocycles. The maximum Gasteiger partial charge on any atom is 0.0641 e. The third-order valence-corrected chi connectivity index (χ3v) is 11.8. The fraction of sp³-hybridized carbons (Fsp3) is 0. The summed E-state index contributed by atoms with van der Waals surface area (Å²) in [4.78, 5) is 0. The fourth-order valence-electron chi connectivity index (χ4n) is 9.38. The van der Waals surface area contributed by atoms with Crippen molar-refractivity contribution in [3.63, 3.8) is 0 Å². The molecule has 0 aliphatic rings. The predicted octanol–water partition coefficient (Wildman–Crippen LogP) is 14.3. The molecule has 0 saturated carbocycles. The Morgan fingerprint density at radius 2 is 0.667 bits per heavy atom. The third-order valence-electron chi connectivity index (χ3n) is 11.8. The van der Waals surface area contributed by atoms with E-state index in [-0.39, 0.29) is 0 Å². The highest BCUT2D eigenvalue weighted by Crippen LogP contribution is 2.46. The van der Waals surface area contributed by atoms with Gasteiger partial charge in [-0.3, -0.25) is 0 Å². The van der Waals surface area contributed by atoms with Crippen LogP contribution in [0.5, 0.6) is 0 Å². The lowest BCUT2D eigenvalue weighted by molar-refractivity contribution is 1.17. The molecule has 3 heteroatoms. The van der Waals surface area contributed by atoms with Crippen LogP contribution >= 0.6 is 0 Å². The van der Waals surface area contributed by atoms with Gasteiger partial charge in [0.1, 0.15) is 0 Å². The van der Waals surface area contributed by atoms with Crippen molar-refractivity contribution in [2.75, 3.05) is 0 Å². The summed E-state index contributed by atoms with van der Waals surface area (Å²) in [5.74, 6) is 0. The molecule has 0 fully saturated rings. The van der Waals surface area contributed by atoms with Crippen molar-refractivity contribution in [1.29, 1.82) is 0 Å². The van der Waals surface area contributed by atoms with Gasteiger partial charge in [-0.2, -0.15) is 0 Å². The summed E-state index contributed by atoms with van der Waals surface area (Å²) in [7, 11) is 0. The Hall–Kier alpha value is -7.62. The highest BCUT2D eigenvalue weighted by molar-refractivity contribution is 6.31. The molecule has 9 aromatic carbocycles. The zero-order chi connectivity index (χ0) is 37.5. The number of nitrogens with zero attached hydrogens (tertiary/aromatic N) is 3. The minimum atomic E-state index is 1.14. The first-order chi connectivity index (χ1) is 28.3. The van der Waals surface area contributed by atoms with Gasteiger partial charge in [-0.1, -0.05) is 146 Å². The van der Waals surface area contributed by atoms with Gasteiger partial charge >= 0.3 is 0 Å². The quantitative estimate of drug-likeness (QED) is 0.168. The van der Waals surface area contributed by atoms with Crippen LogP contribution in [0.15, 0.2) is 212 Å². The van der Waals surface area contributed by atoms with Crippen LogP contribution in [0.2, 0.25) is 0 Å². The zero-order valence-corrected chi connectivity index (χ0v) is 31.0. The molecule has 12 aromatic rings. The molecule has 3 nitrogen and oxygen atoms in total. The van der Waals surface area contributed by atoms with Crippen LogP contribution in [0.25, 0.3) is 105 Å². The van der Waals surface area contributed by atoms with Crippen LogP contribution in [0.3, 0.4) is 0 Å². The number of aromatic nitrogens is 3. The van der Waals surface area contributed by atoms with Gasteiger partial charge < -0.3 is 13.7 Å². The van der Waals surface area contributed by atoms with Crippen molar-refractivity contribution >= 4 is 65.4 Å². The molecular weight excluding hydrogens is 691 g/mol. The molecule has 0 unspecified atom stereocenters.